The Balaban J connectivity index is 1.55. The molecule has 128 valence electrons. The van der Waals surface area contributed by atoms with Crippen LogP contribution in [0.25, 0.3) is 11.3 Å². The monoisotopic (exact) mass is 359 g/mol. The Morgan fingerprint density at radius 1 is 1.28 bits per heavy atom. The molecule has 3 rings (SSSR count). The molecule has 0 aliphatic heterocycles. The Morgan fingerprint density at radius 2 is 2.04 bits per heavy atom. The quantitative estimate of drug-likeness (QED) is 0.709. The molecule has 0 atom stereocenters. The summed E-state index contributed by atoms with van der Waals surface area (Å²) >= 11 is 1.07. The number of amides is 2. The number of hydrogen-bond acceptors (Lipinski definition) is 5. The second kappa shape index (κ2) is 7.35. The number of oxazole rings is 1. The van der Waals surface area contributed by atoms with Crippen molar-refractivity contribution in [2.45, 2.75) is 5.22 Å². The zero-order chi connectivity index (χ0) is 17.8. The minimum absolute atomic E-state index is 0.0144. The first-order valence-corrected chi connectivity index (χ1v) is 8.31. The van der Waals surface area contributed by atoms with Crippen LogP contribution in [0.3, 0.4) is 0 Å². The normalized spacial score (nSPS) is 10.6. The van der Waals surface area contributed by atoms with Crippen LogP contribution in [0.4, 0.5) is 4.39 Å². The lowest BCUT2D eigenvalue weighted by molar-refractivity contribution is -0.117. The molecule has 1 aromatic carbocycles. The molecule has 0 saturated heterocycles. The lowest BCUT2D eigenvalue weighted by atomic mass is 10.2. The van der Waals surface area contributed by atoms with Gasteiger partial charge in [0.1, 0.15) is 11.5 Å². The van der Waals surface area contributed by atoms with Crippen molar-refractivity contribution in [2.75, 3.05) is 5.75 Å². The first-order chi connectivity index (χ1) is 12.0. The highest BCUT2D eigenvalue weighted by molar-refractivity contribution is 7.99. The summed E-state index contributed by atoms with van der Waals surface area (Å²) in [6.45, 7) is 0. The van der Waals surface area contributed by atoms with Crippen molar-refractivity contribution in [3.63, 3.8) is 0 Å². The lowest BCUT2D eigenvalue weighted by Crippen LogP contribution is -2.32. The number of carbonyl (C=O) groups excluding carboxylic acids is 2. The van der Waals surface area contributed by atoms with Gasteiger partial charge in [-0.15, -0.1) is 0 Å². The van der Waals surface area contributed by atoms with Crippen LogP contribution in [0, 0.1) is 5.82 Å². The molecule has 0 unspecified atom stereocenters. The molecule has 2 heterocycles. The standard InChI is InChI=1S/C17H14FN3O3S/c1-21-8-2-3-13(21)16(23)20-15(22)10-25-17-19-9-14(24-17)11-4-6-12(18)7-5-11/h2-9H,10H2,1H3,(H,20,22,23). The van der Waals surface area contributed by atoms with Gasteiger partial charge in [0, 0.05) is 18.8 Å². The SMILES string of the molecule is Cn1cccc1C(=O)NC(=O)CSc1ncc(-c2ccc(F)cc2)o1. The zero-order valence-electron chi connectivity index (χ0n) is 13.2. The van der Waals surface area contributed by atoms with E-state index < -0.39 is 11.8 Å². The lowest BCUT2D eigenvalue weighted by Gasteiger charge is -2.04. The number of rotatable bonds is 5. The van der Waals surface area contributed by atoms with E-state index in [1.807, 2.05) is 0 Å². The molecule has 0 spiro atoms. The number of nitrogens with zero attached hydrogens (tertiary/aromatic N) is 2. The number of nitrogens with one attached hydrogen (secondary N) is 1. The fourth-order valence-corrected chi connectivity index (χ4v) is 2.73. The van der Waals surface area contributed by atoms with Gasteiger partial charge in [-0.3, -0.25) is 14.9 Å². The second-order valence-corrected chi connectivity index (χ2v) is 6.09. The molecule has 0 aliphatic carbocycles. The minimum Gasteiger partial charge on any atom is -0.431 e. The minimum atomic E-state index is -0.461. The van der Waals surface area contributed by atoms with Crippen LogP contribution in [-0.2, 0) is 11.8 Å². The second-order valence-electron chi connectivity index (χ2n) is 5.17. The summed E-state index contributed by atoms with van der Waals surface area (Å²) in [5, 5.41) is 2.60. The predicted octanol–water partition coefficient (Wildman–Crippen LogP) is 2.87. The molecular formula is C17H14FN3O3S. The molecule has 0 bridgehead atoms. The first-order valence-electron chi connectivity index (χ1n) is 7.33. The van der Waals surface area contributed by atoms with Crippen molar-refractivity contribution in [1.82, 2.24) is 14.9 Å². The van der Waals surface area contributed by atoms with Crippen LogP contribution >= 0.6 is 11.8 Å². The van der Waals surface area contributed by atoms with Crippen LogP contribution < -0.4 is 5.32 Å². The van der Waals surface area contributed by atoms with E-state index in [-0.39, 0.29) is 11.6 Å². The number of aromatic nitrogens is 2. The molecule has 2 aromatic heterocycles. The van der Waals surface area contributed by atoms with E-state index in [1.165, 1.54) is 18.3 Å². The van der Waals surface area contributed by atoms with Gasteiger partial charge in [-0.1, -0.05) is 11.8 Å². The molecule has 0 fully saturated rings. The molecule has 0 radical (unpaired) electrons. The maximum atomic E-state index is 12.9. The van der Waals surface area contributed by atoms with Gasteiger partial charge in [-0.2, -0.15) is 0 Å². The Hall–Kier alpha value is -2.87. The fraction of sp³-hybridized carbons (Fsp3) is 0.118. The van der Waals surface area contributed by atoms with Crippen molar-refractivity contribution < 1.29 is 18.4 Å². The van der Waals surface area contributed by atoms with Gasteiger partial charge in [0.25, 0.3) is 11.1 Å². The van der Waals surface area contributed by atoms with Gasteiger partial charge in [0.15, 0.2) is 5.76 Å². The van der Waals surface area contributed by atoms with Crippen LogP contribution in [0.5, 0.6) is 0 Å². The van der Waals surface area contributed by atoms with Gasteiger partial charge in [0.2, 0.25) is 5.91 Å². The molecule has 8 heteroatoms. The highest BCUT2D eigenvalue weighted by atomic mass is 32.2. The first kappa shape index (κ1) is 17.0. The Kier molecular flexibility index (Phi) is 4.99. The van der Waals surface area contributed by atoms with Crippen molar-refractivity contribution >= 4 is 23.6 Å². The molecule has 0 aliphatic rings. The summed E-state index contributed by atoms with van der Waals surface area (Å²) < 4.78 is 20.1. The number of aryl methyl sites for hydroxylation is 1. The summed E-state index contributed by atoms with van der Waals surface area (Å²) in [5.41, 5.74) is 1.08. The number of imide groups is 1. The molecule has 1 N–H and O–H groups in total. The Bertz CT molecular complexity index is 902. The topological polar surface area (TPSA) is 77.1 Å². The van der Waals surface area contributed by atoms with Gasteiger partial charge in [-0.25, -0.2) is 9.37 Å². The van der Waals surface area contributed by atoms with Crippen molar-refractivity contribution in [2.24, 2.45) is 7.05 Å². The average Bonchev–Trinajstić information content (AvgIpc) is 3.22. The third kappa shape index (κ3) is 4.16. The highest BCUT2D eigenvalue weighted by Crippen LogP contribution is 2.25. The summed E-state index contributed by atoms with van der Waals surface area (Å²) in [6.07, 6.45) is 3.22. The van der Waals surface area contributed by atoms with E-state index in [4.69, 9.17) is 4.42 Å². The molecule has 2 amide bonds. The summed E-state index contributed by atoms with van der Waals surface area (Å²) in [4.78, 5) is 27.9. The fourth-order valence-electron chi connectivity index (χ4n) is 2.12. The summed E-state index contributed by atoms with van der Waals surface area (Å²) in [7, 11) is 1.72. The number of carbonyl (C=O) groups is 2. The van der Waals surface area contributed by atoms with Gasteiger partial charge in [-0.05, 0) is 36.4 Å². The smallest absolute Gasteiger partial charge is 0.274 e. The van der Waals surface area contributed by atoms with Crippen LogP contribution in [0.15, 0.2) is 58.4 Å². The highest BCUT2D eigenvalue weighted by Gasteiger charge is 2.14. The maximum absolute atomic E-state index is 12.9. The van der Waals surface area contributed by atoms with Crippen LogP contribution in [0.1, 0.15) is 10.5 Å². The van der Waals surface area contributed by atoms with E-state index in [0.29, 0.717) is 22.2 Å². The number of hydrogen-bond donors (Lipinski definition) is 1. The van der Waals surface area contributed by atoms with E-state index in [2.05, 4.69) is 10.3 Å². The number of thioether (sulfide) groups is 1. The molecule has 25 heavy (non-hydrogen) atoms. The van der Waals surface area contributed by atoms with E-state index >= 15 is 0 Å². The average molecular weight is 359 g/mol. The molecule has 6 nitrogen and oxygen atoms in total. The third-order valence-electron chi connectivity index (χ3n) is 3.37. The number of halogens is 1. The van der Waals surface area contributed by atoms with Crippen molar-refractivity contribution in [3.8, 4) is 11.3 Å². The number of benzene rings is 1. The largest absolute Gasteiger partial charge is 0.431 e. The Labute approximate surface area is 147 Å². The Morgan fingerprint density at radius 3 is 2.72 bits per heavy atom. The van der Waals surface area contributed by atoms with Crippen LogP contribution in [-0.4, -0.2) is 27.1 Å². The molecule has 3 aromatic rings. The predicted molar refractivity (Wildman–Crippen MR) is 90.5 cm³/mol. The zero-order valence-corrected chi connectivity index (χ0v) is 14.0. The van der Waals surface area contributed by atoms with E-state index in [0.717, 1.165) is 11.8 Å². The summed E-state index contributed by atoms with van der Waals surface area (Å²) in [5.74, 6) is -0.782. The van der Waals surface area contributed by atoms with E-state index in [9.17, 15) is 14.0 Å². The van der Waals surface area contributed by atoms with E-state index in [1.54, 1.807) is 42.1 Å². The maximum Gasteiger partial charge on any atom is 0.274 e. The van der Waals surface area contributed by atoms with Crippen LogP contribution in [0.2, 0.25) is 0 Å². The van der Waals surface area contributed by atoms with Gasteiger partial charge < -0.3 is 8.98 Å². The molecule has 0 saturated carbocycles. The third-order valence-corrected chi connectivity index (χ3v) is 4.21. The van der Waals surface area contributed by atoms with Crippen molar-refractivity contribution in [3.05, 3.63) is 60.3 Å². The van der Waals surface area contributed by atoms with Gasteiger partial charge in [0.05, 0.1) is 11.9 Å². The summed E-state index contributed by atoms with van der Waals surface area (Å²) in [6, 6.07) is 9.16. The van der Waals surface area contributed by atoms with Gasteiger partial charge >= 0.3 is 0 Å². The molecular weight excluding hydrogens is 345 g/mol. The van der Waals surface area contributed by atoms with Crippen molar-refractivity contribution in [1.29, 1.82) is 0 Å².